The van der Waals surface area contributed by atoms with Crippen LogP contribution in [0.4, 0.5) is 13.2 Å². The van der Waals surface area contributed by atoms with Crippen molar-refractivity contribution in [1.29, 1.82) is 0 Å². The minimum atomic E-state index is -4.65. The smallest absolute Gasteiger partial charge is 0.403 e. The summed E-state index contributed by atoms with van der Waals surface area (Å²) >= 11 is 0.994. The first-order valence-electron chi connectivity index (χ1n) is 3.66. The Kier molecular flexibility index (Phi) is 4.60. The first-order chi connectivity index (χ1) is 5.75. The number of carboxylic acid groups (broad SMARTS) is 1. The Labute approximate surface area is 78.5 Å². The molecule has 2 nitrogen and oxygen atoms in total. The molecular weight excluding hydrogens is 205 g/mol. The highest BCUT2D eigenvalue weighted by Crippen LogP contribution is 2.30. The molecule has 1 unspecified atom stereocenters. The second-order valence-corrected chi connectivity index (χ2v) is 4.42. The van der Waals surface area contributed by atoms with Gasteiger partial charge in [0.1, 0.15) is 0 Å². The first kappa shape index (κ1) is 12.6. The summed E-state index contributed by atoms with van der Waals surface area (Å²) < 4.78 is 36.1. The lowest BCUT2D eigenvalue weighted by molar-refractivity contribution is -0.188. The van der Waals surface area contributed by atoms with E-state index in [9.17, 15) is 18.0 Å². The number of aliphatic carboxylic acids is 1. The quantitative estimate of drug-likeness (QED) is 0.784. The van der Waals surface area contributed by atoms with Crippen molar-refractivity contribution in [3.05, 3.63) is 0 Å². The van der Waals surface area contributed by atoms with Gasteiger partial charge in [-0.3, -0.25) is 4.79 Å². The third kappa shape index (κ3) is 5.02. The van der Waals surface area contributed by atoms with Crippen LogP contribution in [0, 0.1) is 5.92 Å². The standard InChI is InChI=1S/C7H11F3O2S/c1-4(2)13-3-5(6(11)12)7(8,9)10/h4-5H,3H2,1-2H3,(H,11,12). The van der Waals surface area contributed by atoms with Crippen molar-refractivity contribution in [2.24, 2.45) is 5.92 Å². The molecule has 1 N–H and O–H groups in total. The SMILES string of the molecule is CC(C)SCC(C(=O)O)C(F)(F)F. The molecule has 0 aromatic rings. The van der Waals surface area contributed by atoms with Crippen LogP contribution in [0.5, 0.6) is 0 Å². The number of carbonyl (C=O) groups is 1. The number of carboxylic acids is 1. The molecule has 0 aromatic heterocycles. The van der Waals surface area contributed by atoms with Gasteiger partial charge in [-0.1, -0.05) is 13.8 Å². The molecule has 6 heteroatoms. The average Bonchev–Trinajstić information content (AvgIpc) is 1.81. The second-order valence-electron chi connectivity index (χ2n) is 2.81. The average molecular weight is 216 g/mol. The minimum Gasteiger partial charge on any atom is -0.481 e. The third-order valence-electron chi connectivity index (χ3n) is 1.29. The number of alkyl halides is 3. The molecule has 1 atom stereocenters. The van der Waals surface area contributed by atoms with Crippen molar-refractivity contribution in [2.45, 2.75) is 25.3 Å². The summed E-state index contributed by atoms with van der Waals surface area (Å²) in [6.07, 6.45) is -4.65. The molecule has 0 heterocycles. The molecule has 0 saturated heterocycles. The predicted molar refractivity (Wildman–Crippen MR) is 44.8 cm³/mol. The molecule has 0 amide bonds. The third-order valence-corrected chi connectivity index (χ3v) is 2.48. The molecule has 0 aliphatic rings. The van der Waals surface area contributed by atoms with Crippen molar-refractivity contribution in [3.8, 4) is 0 Å². The van der Waals surface area contributed by atoms with E-state index in [0.717, 1.165) is 11.8 Å². The largest absolute Gasteiger partial charge is 0.481 e. The molecule has 0 radical (unpaired) electrons. The van der Waals surface area contributed by atoms with Crippen molar-refractivity contribution in [3.63, 3.8) is 0 Å². The molecule has 78 valence electrons. The summed E-state index contributed by atoms with van der Waals surface area (Å²) in [6, 6.07) is 0. The fourth-order valence-corrected chi connectivity index (χ4v) is 1.50. The summed E-state index contributed by atoms with van der Waals surface area (Å²) in [5.74, 6) is -4.48. The van der Waals surface area contributed by atoms with Gasteiger partial charge in [-0.25, -0.2) is 0 Å². The van der Waals surface area contributed by atoms with Crippen molar-refractivity contribution in [1.82, 2.24) is 0 Å². The topological polar surface area (TPSA) is 37.3 Å². The van der Waals surface area contributed by atoms with Gasteiger partial charge in [0.2, 0.25) is 0 Å². The van der Waals surface area contributed by atoms with E-state index in [2.05, 4.69) is 0 Å². The zero-order chi connectivity index (χ0) is 10.6. The van der Waals surface area contributed by atoms with Crippen LogP contribution in [0.25, 0.3) is 0 Å². The fourth-order valence-electron chi connectivity index (χ4n) is 0.594. The molecule has 0 rings (SSSR count). The molecule has 0 aromatic carbocycles. The maximum atomic E-state index is 12.0. The maximum Gasteiger partial charge on any atom is 0.403 e. The highest BCUT2D eigenvalue weighted by atomic mass is 32.2. The number of thioether (sulfide) groups is 1. The Morgan fingerprint density at radius 3 is 2.15 bits per heavy atom. The summed E-state index contributed by atoms with van der Waals surface area (Å²) in [6.45, 7) is 3.44. The van der Waals surface area contributed by atoms with E-state index < -0.39 is 23.8 Å². The van der Waals surface area contributed by atoms with Gasteiger partial charge in [0.05, 0.1) is 0 Å². The number of halogens is 3. The summed E-state index contributed by atoms with van der Waals surface area (Å²) in [7, 11) is 0. The van der Waals surface area contributed by atoms with Gasteiger partial charge in [0.25, 0.3) is 0 Å². The van der Waals surface area contributed by atoms with Gasteiger partial charge >= 0.3 is 12.1 Å². The number of hydrogen-bond acceptors (Lipinski definition) is 2. The first-order valence-corrected chi connectivity index (χ1v) is 4.71. The molecule has 0 fully saturated rings. The molecule has 13 heavy (non-hydrogen) atoms. The number of rotatable bonds is 4. The van der Waals surface area contributed by atoms with Crippen LogP contribution in [0.15, 0.2) is 0 Å². The van der Waals surface area contributed by atoms with E-state index >= 15 is 0 Å². The van der Waals surface area contributed by atoms with Crippen LogP contribution < -0.4 is 0 Å². The van der Waals surface area contributed by atoms with E-state index in [1.165, 1.54) is 0 Å². The van der Waals surface area contributed by atoms with Crippen LogP contribution >= 0.6 is 11.8 Å². The molecular formula is C7H11F3O2S. The zero-order valence-corrected chi connectivity index (χ0v) is 8.08. The summed E-state index contributed by atoms with van der Waals surface area (Å²) in [4.78, 5) is 10.2. The van der Waals surface area contributed by atoms with Crippen LogP contribution in [-0.4, -0.2) is 28.3 Å². The fraction of sp³-hybridized carbons (Fsp3) is 0.857. The van der Waals surface area contributed by atoms with Gasteiger partial charge in [-0.05, 0) is 5.25 Å². The normalized spacial score (nSPS) is 14.6. The van der Waals surface area contributed by atoms with E-state index in [0.29, 0.717) is 0 Å². The Balaban J connectivity index is 4.20. The molecule has 0 saturated carbocycles. The highest BCUT2D eigenvalue weighted by molar-refractivity contribution is 7.99. The van der Waals surface area contributed by atoms with Crippen LogP contribution in [0.1, 0.15) is 13.8 Å². The van der Waals surface area contributed by atoms with Gasteiger partial charge in [0, 0.05) is 5.75 Å². The lowest BCUT2D eigenvalue weighted by Gasteiger charge is -2.16. The van der Waals surface area contributed by atoms with Gasteiger partial charge in [0.15, 0.2) is 5.92 Å². The Morgan fingerprint density at radius 1 is 1.46 bits per heavy atom. The van der Waals surface area contributed by atoms with Crippen molar-refractivity contribution < 1.29 is 23.1 Å². The summed E-state index contributed by atoms with van der Waals surface area (Å²) in [5, 5.41) is 8.29. The van der Waals surface area contributed by atoms with Crippen LogP contribution in [-0.2, 0) is 4.79 Å². The molecule has 0 aliphatic heterocycles. The lowest BCUT2D eigenvalue weighted by Crippen LogP contribution is -2.32. The maximum absolute atomic E-state index is 12.0. The van der Waals surface area contributed by atoms with Crippen molar-refractivity contribution in [2.75, 3.05) is 5.75 Å². The van der Waals surface area contributed by atoms with Crippen molar-refractivity contribution >= 4 is 17.7 Å². The highest BCUT2D eigenvalue weighted by Gasteiger charge is 2.44. The Bertz CT molecular complexity index is 179. The Hall–Kier alpha value is -0.390. The molecule has 0 bridgehead atoms. The monoisotopic (exact) mass is 216 g/mol. The van der Waals surface area contributed by atoms with E-state index in [1.807, 2.05) is 0 Å². The van der Waals surface area contributed by atoms with Crippen LogP contribution in [0.3, 0.4) is 0 Å². The second kappa shape index (κ2) is 4.74. The predicted octanol–water partition coefficient (Wildman–Crippen LogP) is 2.39. The number of hydrogen-bond donors (Lipinski definition) is 1. The minimum absolute atomic E-state index is 0.00389. The van der Waals surface area contributed by atoms with E-state index in [1.54, 1.807) is 13.8 Å². The molecule has 0 spiro atoms. The summed E-state index contributed by atoms with van der Waals surface area (Å²) in [5.41, 5.74) is 0. The van der Waals surface area contributed by atoms with Gasteiger partial charge in [-0.15, -0.1) is 0 Å². The van der Waals surface area contributed by atoms with Gasteiger partial charge < -0.3 is 5.11 Å². The van der Waals surface area contributed by atoms with Gasteiger partial charge in [-0.2, -0.15) is 24.9 Å². The molecule has 0 aliphatic carbocycles. The van der Waals surface area contributed by atoms with E-state index in [4.69, 9.17) is 5.11 Å². The Morgan fingerprint density at radius 2 is 1.92 bits per heavy atom. The van der Waals surface area contributed by atoms with E-state index in [-0.39, 0.29) is 5.25 Å². The lowest BCUT2D eigenvalue weighted by atomic mass is 10.2. The van der Waals surface area contributed by atoms with Crippen LogP contribution in [0.2, 0.25) is 0 Å². The zero-order valence-electron chi connectivity index (χ0n) is 7.26.